The number of piperazine rings is 1. The Balaban J connectivity index is 1.72. The van der Waals surface area contributed by atoms with Crippen molar-refractivity contribution >= 4 is 5.91 Å². The Morgan fingerprint density at radius 1 is 1.30 bits per heavy atom. The molecule has 5 nitrogen and oxygen atoms in total. The SMILES string of the molecule is CN1CCN(C(C)(C)CNC(=O)CC2CCCN2)CC1. The minimum absolute atomic E-state index is 0.0417. The fourth-order valence-electron chi connectivity index (χ4n) is 3.07. The number of carbonyl (C=O) groups excluding carboxylic acids is 1. The summed E-state index contributed by atoms with van der Waals surface area (Å²) >= 11 is 0. The second kappa shape index (κ2) is 6.87. The van der Waals surface area contributed by atoms with Crippen LogP contribution in [0.2, 0.25) is 0 Å². The van der Waals surface area contributed by atoms with Crippen LogP contribution in [0.4, 0.5) is 0 Å². The van der Waals surface area contributed by atoms with E-state index >= 15 is 0 Å². The van der Waals surface area contributed by atoms with Crippen LogP contribution in [0.25, 0.3) is 0 Å². The maximum atomic E-state index is 12.0. The molecule has 2 heterocycles. The van der Waals surface area contributed by atoms with Gasteiger partial charge in [0.05, 0.1) is 0 Å². The summed E-state index contributed by atoms with van der Waals surface area (Å²) < 4.78 is 0. The van der Waals surface area contributed by atoms with E-state index in [0.29, 0.717) is 12.5 Å². The van der Waals surface area contributed by atoms with Crippen molar-refractivity contribution in [2.75, 3.05) is 46.3 Å². The predicted octanol–water partition coefficient (Wildman–Crippen LogP) is 0.271. The van der Waals surface area contributed by atoms with Gasteiger partial charge in [0.2, 0.25) is 5.91 Å². The van der Waals surface area contributed by atoms with Crippen molar-refractivity contribution in [1.29, 1.82) is 0 Å². The predicted molar refractivity (Wildman–Crippen MR) is 81.8 cm³/mol. The smallest absolute Gasteiger partial charge is 0.221 e. The van der Waals surface area contributed by atoms with Gasteiger partial charge >= 0.3 is 0 Å². The van der Waals surface area contributed by atoms with Crippen LogP contribution in [0, 0.1) is 0 Å². The Labute approximate surface area is 123 Å². The van der Waals surface area contributed by atoms with E-state index in [2.05, 4.69) is 41.3 Å². The Bertz CT molecular complexity index is 318. The van der Waals surface area contributed by atoms with Crippen LogP contribution >= 0.6 is 0 Å². The first-order chi connectivity index (χ1) is 9.47. The van der Waals surface area contributed by atoms with Crippen LogP contribution in [0.1, 0.15) is 33.1 Å². The lowest BCUT2D eigenvalue weighted by molar-refractivity contribution is -0.122. The van der Waals surface area contributed by atoms with E-state index in [1.165, 1.54) is 6.42 Å². The molecule has 2 aliphatic heterocycles. The van der Waals surface area contributed by atoms with E-state index in [9.17, 15) is 4.79 Å². The van der Waals surface area contributed by atoms with Gasteiger partial charge in [-0.05, 0) is 40.3 Å². The molecule has 2 rings (SSSR count). The number of hydrogen-bond donors (Lipinski definition) is 2. The minimum Gasteiger partial charge on any atom is -0.354 e. The van der Waals surface area contributed by atoms with Gasteiger partial charge in [0.15, 0.2) is 0 Å². The third kappa shape index (κ3) is 4.43. The molecule has 1 amide bonds. The van der Waals surface area contributed by atoms with Crippen LogP contribution in [-0.4, -0.2) is 73.6 Å². The van der Waals surface area contributed by atoms with Crippen molar-refractivity contribution in [2.45, 2.75) is 44.7 Å². The molecule has 0 bridgehead atoms. The first kappa shape index (κ1) is 15.7. The van der Waals surface area contributed by atoms with Gasteiger partial charge in [-0.1, -0.05) is 0 Å². The van der Waals surface area contributed by atoms with Gasteiger partial charge in [-0.2, -0.15) is 0 Å². The fourth-order valence-corrected chi connectivity index (χ4v) is 3.07. The number of nitrogens with zero attached hydrogens (tertiary/aromatic N) is 2. The van der Waals surface area contributed by atoms with Gasteiger partial charge in [0, 0.05) is 50.7 Å². The topological polar surface area (TPSA) is 47.6 Å². The molecule has 2 fully saturated rings. The summed E-state index contributed by atoms with van der Waals surface area (Å²) in [4.78, 5) is 16.8. The highest BCUT2D eigenvalue weighted by Gasteiger charge is 2.29. The zero-order valence-corrected chi connectivity index (χ0v) is 13.2. The van der Waals surface area contributed by atoms with E-state index in [4.69, 9.17) is 0 Å². The molecule has 116 valence electrons. The Hall–Kier alpha value is -0.650. The normalized spacial score (nSPS) is 25.9. The number of hydrogen-bond acceptors (Lipinski definition) is 4. The first-order valence-corrected chi connectivity index (χ1v) is 7.91. The maximum absolute atomic E-state index is 12.0. The molecule has 0 aromatic heterocycles. The van der Waals surface area contributed by atoms with Gasteiger partial charge in [0.1, 0.15) is 0 Å². The zero-order valence-electron chi connectivity index (χ0n) is 13.2. The lowest BCUT2D eigenvalue weighted by atomic mass is 10.0. The van der Waals surface area contributed by atoms with Crippen LogP contribution in [0.3, 0.4) is 0 Å². The van der Waals surface area contributed by atoms with E-state index in [1.807, 2.05) is 0 Å². The molecule has 0 aromatic rings. The summed E-state index contributed by atoms with van der Waals surface area (Å²) in [6, 6.07) is 0.391. The van der Waals surface area contributed by atoms with Crippen LogP contribution in [0.15, 0.2) is 0 Å². The Kier molecular flexibility index (Phi) is 5.41. The standard InChI is InChI=1S/C15H30N4O/c1-15(2,19-9-7-18(3)8-10-19)12-17-14(20)11-13-5-4-6-16-13/h13,16H,4-12H2,1-3H3,(H,17,20). The van der Waals surface area contributed by atoms with Gasteiger partial charge in [-0.3, -0.25) is 9.69 Å². The summed E-state index contributed by atoms with van der Waals surface area (Å²) in [6.07, 6.45) is 2.96. The average molecular weight is 282 g/mol. The summed E-state index contributed by atoms with van der Waals surface area (Å²) in [5.74, 6) is 0.187. The van der Waals surface area contributed by atoms with E-state index in [-0.39, 0.29) is 11.4 Å². The molecule has 20 heavy (non-hydrogen) atoms. The zero-order chi connectivity index (χ0) is 14.6. The maximum Gasteiger partial charge on any atom is 0.221 e. The van der Waals surface area contributed by atoms with Gasteiger partial charge in [-0.15, -0.1) is 0 Å². The van der Waals surface area contributed by atoms with Crippen molar-refractivity contribution in [1.82, 2.24) is 20.4 Å². The lowest BCUT2D eigenvalue weighted by Gasteiger charge is -2.43. The van der Waals surface area contributed by atoms with Gasteiger partial charge in [-0.25, -0.2) is 0 Å². The van der Waals surface area contributed by atoms with Gasteiger partial charge < -0.3 is 15.5 Å². The number of amides is 1. The highest BCUT2D eigenvalue weighted by molar-refractivity contribution is 5.76. The monoisotopic (exact) mass is 282 g/mol. The molecule has 2 aliphatic rings. The summed E-state index contributed by atoms with van der Waals surface area (Å²) in [7, 11) is 2.17. The molecular formula is C15H30N4O. The molecule has 1 unspecified atom stereocenters. The van der Waals surface area contributed by atoms with E-state index in [0.717, 1.165) is 45.7 Å². The third-order valence-electron chi connectivity index (χ3n) is 4.67. The quantitative estimate of drug-likeness (QED) is 0.760. The largest absolute Gasteiger partial charge is 0.354 e. The second-order valence-corrected chi connectivity index (χ2v) is 6.88. The summed E-state index contributed by atoms with van der Waals surface area (Å²) in [5.41, 5.74) is 0.0417. The molecule has 0 aromatic carbocycles. The molecule has 5 heteroatoms. The summed E-state index contributed by atoms with van der Waals surface area (Å²) in [5, 5.41) is 6.50. The third-order valence-corrected chi connectivity index (χ3v) is 4.67. The fraction of sp³-hybridized carbons (Fsp3) is 0.933. The van der Waals surface area contributed by atoms with E-state index < -0.39 is 0 Å². The van der Waals surface area contributed by atoms with Crippen molar-refractivity contribution in [3.05, 3.63) is 0 Å². The number of rotatable bonds is 5. The van der Waals surface area contributed by atoms with E-state index in [1.54, 1.807) is 0 Å². The van der Waals surface area contributed by atoms with Crippen molar-refractivity contribution in [2.24, 2.45) is 0 Å². The minimum atomic E-state index is 0.0417. The first-order valence-electron chi connectivity index (χ1n) is 7.91. The van der Waals surface area contributed by atoms with Crippen molar-refractivity contribution in [3.63, 3.8) is 0 Å². The number of nitrogens with one attached hydrogen (secondary N) is 2. The van der Waals surface area contributed by atoms with Crippen molar-refractivity contribution in [3.8, 4) is 0 Å². The molecule has 0 spiro atoms. The average Bonchev–Trinajstić information content (AvgIpc) is 2.90. The molecule has 0 radical (unpaired) electrons. The van der Waals surface area contributed by atoms with Crippen LogP contribution in [-0.2, 0) is 4.79 Å². The molecule has 2 N–H and O–H groups in total. The Morgan fingerprint density at radius 3 is 2.60 bits per heavy atom. The Morgan fingerprint density at radius 2 is 2.00 bits per heavy atom. The molecule has 1 atom stereocenters. The molecule has 2 saturated heterocycles. The molecular weight excluding hydrogens is 252 g/mol. The van der Waals surface area contributed by atoms with Gasteiger partial charge in [0.25, 0.3) is 0 Å². The lowest BCUT2D eigenvalue weighted by Crippen LogP contribution is -2.58. The van der Waals surface area contributed by atoms with Crippen molar-refractivity contribution < 1.29 is 4.79 Å². The van der Waals surface area contributed by atoms with Crippen LogP contribution in [0.5, 0.6) is 0 Å². The highest BCUT2D eigenvalue weighted by Crippen LogP contribution is 2.16. The molecule has 0 saturated carbocycles. The highest BCUT2D eigenvalue weighted by atomic mass is 16.1. The number of likely N-dealkylation sites (N-methyl/N-ethyl adjacent to an activating group) is 1. The molecule has 0 aliphatic carbocycles. The number of carbonyl (C=O) groups is 1. The van der Waals surface area contributed by atoms with Crippen LogP contribution < -0.4 is 10.6 Å². The second-order valence-electron chi connectivity index (χ2n) is 6.88. The summed E-state index contributed by atoms with van der Waals surface area (Å²) in [6.45, 7) is 10.7.